The van der Waals surface area contributed by atoms with E-state index in [1.165, 1.54) is 39.2 Å². The molecule has 2 nitrogen and oxygen atoms in total. The minimum Gasteiger partial charge on any atom is -0.469 e. The van der Waals surface area contributed by atoms with Crippen molar-refractivity contribution in [2.24, 2.45) is 11.8 Å². The van der Waals surface area contributed by atoms with Gasteiger partial charge in [-0.25, -0.2) is 0 Å². The lowest BCUT2D eigenvalue weighted by Gasteiger charge is -2.12. The molecule has 0 N–H and O–H groups in total. The molecule has 0 heterocycles. The standard InChI is InChI=1S/C11H20O2/c1-3-4-5-6-10(9-7-8-9)11(12)13-2/h9-10H,3-8H2,1-2H3. The normalized spacial score (nSPS) is 18.3. The van der Waals surface area contributed by atoms with Gasteiger partial charge < -0.3 is 4.74 Å². The summed E-state index contributed by atoms with van der Waals surface area (Å²) in [7, 11) is 1.50. The molecule has 0 aliphatic heterocycles. The molecule has 0 saturated heterocycles. The largest absolute Gasteiger partial charge is 0.469 e. The molecule has 1 atom stereocenters. The summed E-state index contributed by atoms with van der Waals surface area (Å²) in [5.74, 6) is 0.861. The second-order valence-electron chi connectivity index (χ2n) is 3.96. The lowest BCUT2D eigenvalue weighted by atomic mass is 9.96. The van der Waals surface area contributed by atoms with E-state index in [1.807, 2.05) is 0 Å². The SMILES string of the molecule is CCCCCC(C(=O)OC)C1CC1. The van der Waals surface area contributed by atoms with E-state index in [9.17, 15) is 4.79 Å². The van der Waals surface area contributed by atoms with Crippen LogP contribution in [0.1, 0.15) is 45.4 Å². The first-order valence-corrected chi connectivity index (χ1v) is 5.37. The predicted octanol–water partition coefficient (Wildman–Crippen LogP) is 2.77. The zero-order chi connectivity index (χ0) is 9.68. The van der Waals surface area contributed by atoms with Crippen LogP contribution in [0, 0.1) is 11.8 Å². The quantitative estimate of drug-likeness (QED) is 0.468. The second kappa shape index (κ2) is 5.25. The summed E-state index contributed by atoms with van der Waals surface area (Å²) >= 11 is 0. The van der Waals surface area contributed by atoms with E-state index in [0.717, 1.165) is 6.42 Å². The van der Waals surface area contributed by atoms with Gasteiger partial charge in [-0.15, -0.1) is 0 Å². The molecular weight excluding hydrogens is 164 g/mol. The molecule has 13 heavy (non-hydrogen) atoms. The molecule has 0 bridgehead atoms. The molecule has 1 aliphatic carbocycles. The van der Waals surface area contributed by atoms with Gasteiger partial charge in [0.25, 0.3) is 0 Å². The smallest absolute Gasteiger partial charge is 0.308 e. The molecule has 0 spiro atoms. The number of unbranched alkanes of at least 4 members (excludes halogenated alkanes) is 2. The number of esters is 1. The summed E-state index contributed by atoms with van der Waals surface area (Å²) in [5, 5.41) is 0. The van der Waals surface area contributed by atoms with Crippen LogP contribution in [0.15, 0.2) is 0 Å². The molecule has 76 valence electrons. The van der Waals surface area contributed by atoms with Crippen molar-refractivity contribution < 1.29 is 9.53 Å². The van der Waals surface area contributed by atoms with E-state index in [2.05, 4.69) is 6.92 Å². The number of rotatable bonds is 6. The third-order valence-corrected chi connectivity index (χ3v) is 2.81. The number of carbonyl (C=O) groups excluding carboxylic acids is 1. The van der Waals surface area contributed by atoms with E-state index in [0.29, 0.717) is 5.92 Å². The minimum absolute atomic E-state index is 0.0126. The fraction of sp³-hybridized carbons (Fsp3) is 0.909. The van der Waals surface area contributed by atoms with Crippen LogP contribution in [0.2, 0.25) is 0 Å². The van der Waals surface area contributed by atoms with Crippen molar-refractivity contribution in [3.8, 4) is 0 Å². The molecule has 2 heteroatoms. The first kappa shape index (κ1) is 10.6. The number of ether oxygens (including phenoxy) is 1. The zero-order valence-electron chi connectivity index (χ0n) is 8.71. The Bertz CT molecular complexity index is 161. The first-order chi connectivity index (χ1) is 6.29. The average molecular weight is 184 g/mol. The molecule has 0 amide bonds. The Balaban J connectivity index is 2.25. The third kappa shape index (κ3) is 3.37. The van der Waals surface area contributed by atoms with Gasteiger partial charge in [-0.1, -0.05) is 26.2 Å². The van der Waals surface area contributed by atoms with Crippen LogP contribution in [0.25, 0.3) is 0 Å². The Morgan fingerprint density at radius 1 is 1.46 bits per heavy atom. The maximum Gasteiger partial charge on any atom is 0.308 e. The van der Waals surface area contributed by atoms with Crippen molar-refractivity contribution in [3.05, 3.63) is 0 Å². The Morgan fingerprint density at radius 3 is 2.62 bits per heavy atom. The topological polar surface area (TPSA) is 26.3 Å². The van der Waals surface area contributed by atoms with Gasteiger partial charge in [-0.05, 0) is 25.2 Å². The van der Waals surface area contributed by atoms with Gasteiger partial charge in [-0.2, -0.15) is 0 Å². The van der Waals surface area contributed by atoms with E-state index in [4.69, 9.17) is 4.74 Å². The van der Waals surface area contributed by atoms with Crippen molar-refractivity contribution in [2.75, 3.05) is 7.11 Å². The molecule has 0 radical (unpaired) electrons. The molecule has 0 aromatic heterocycles. The molecule has 0 aromatic carbocycles. The highest BCUT2D eigenvalue weighted by molar-refractivity contribution is 5.73. The lowest BCUT2D eigenvalue weighted by Crippen LogP contribution is -2.18. The van der Waals surface area contributed by atoms with Gasteiger partial charge >= 0.3 is 5.97 Å². The molecule has 1 rings (SSSR count). The number of hydrogen-bond donors (Lipinski definition) is 0. The number of hydrogen-bond acceptors (Lipinski definition) is 2. The summed E-state index contributed by atoms with van der Waals surface area (Å²) in [6, 6.07) is 0. The maximum atomic E-state index is 11.4. The van der Waals surface area contributed by atoms with Crippen molar-refractivity contribution in [1.82, 2.24) is 0 Å². The Hall–Kier alpha value is -0.530. The van der Waals surface area contributed by atoms with Crippen LogP contribution in [-0.4, -0.2) is 13.1 Å². The number of methoxy groups -OCH3 is 1. The van der Waals surface area contributed by atoms with Crippen LogP contribution in [0.4, 0.5) is 0 Å². The second-order valence-corrected chi connectivity index (χ2v) is 3.96. The molecule has 1 aliphatic rings. The van der Waals surface area contributed by atoms with Crippen molar-refractivity contribution in [1.29, 1.82) is 0 Å². The fourth-order valence-electron chi connectivity index (χ4n) is 1.81. The van der Waals surface area contributed by atoms with Crippen LogP contribution >= 0.6 is 0 Å². The fourth-order valence-corrected chi connectivity index (χ4v) is 1.81. The van der Waals surface area contributed by atoms with Crippen molar-refractivity contribution >= 4 is 5.97 Å². The van der Waals surface area contributed by atoms with Gasteiger partial charge in [0.2, 0.25) is 0 Å². The summed E-state index contributed by atoms with van der Waals surface area (Å²) in [6.07, 6.45) is 7.12. The highest BCUT2D eigenvalue weighted by Gasteiger charge is 2.36. The lowest BCUT2D eigenvalue weighted by molar-refractivity contribution is -0.146. The van der Waals surface area contributed by atoms with Crippen LogP contribution in [-0.2, 0) is 9.53 Å². The van der Waals surface area contributed by atoms with E-state index < -0.39 is 0 Å². The molecule has 1 unspecified atom stereocenters. The van der Waals surface area contributed by atoms with Crippen LogP contribution in [0.3, 0.4) is 0 Å². The molecular formula is C11H20O2. The predicted molar refractivity (Wildman–Crippen MR) is 52.4 cm³/mol. The summed E-state index contributed by atoms with van der Waals surface area (Å²) < 4.78 is 4.81. The molecule has 0 aromatic rings. The Kier molecular flexibility index (Phi) is 4.26. The van der Waals surface area contributed by atoms with Gasteiger partial charge in [0.15, 0.2) is 0 Å². The zero-order valence-corrected chi connectivity index (χ0v) is 8.71. The maximum absolute atomic E-state index is 11.4. The average Bonchev–Trinajstić information content (AvgIpc) is 2.95. The Labute approximate surface area is 80.7 Å². The summed E-state index contributed by atoms with van der Waals surface area (Å²) in [6.45, 7) is 2.18. The highest BCUT2D eigenvalue weighted by atomic mass is 16.5. The van der Waals surface area contributed by atoms with E-state index in [1.54, 1.807) is 0 Å². The van der Waals surface area contributed by atoms with E-state index in [-0.39, 0.29) is 11.9 Å². The van der Waals surface area contributed by atoms with Gasteiger partial charge in [0.05, 0.1) is 13.0 Å². The Morgan fingerprint density at radius 2 is 2.15 bits per heavy atom. The van der Waals surface area contributed by atoms with Gasteiger partial charge in [0, 0.05) is 0 Å². The number of carbonyl (C=O) groups is 1. The monoisotopic (exact) mass is 184 g/mol. The summed E-state index contributed by atoms with van der Waals surface area (Å²) in [5.41, 5.74) is 0. The molecule has 1 saturated carbocycles. The van der Waals surface area contributed by atoms with Gasteiger partial charge in [-0.3, -0.25) is 4.79 Å². The van der Waals surface area contributed by atoms with Crippen molar-refractivity contribution in [3.63, 3.8) is 0 Å². The first-order valence-electron chi connectivity index (χ1n) is 5.37. The van der Waals surface area contributed by atoms with Crippen molar-refractivity contribution in [2.45, 2.75) is 45.4 Å². The summed E-state index contributed by atoms with van der Waals surface area (Å²) in [4.78, 5) is 11.4. The van der Waals surface area contributed by atoms with Gasteiger partial charge in [0.1, 0.15) is 0 Å². The van der Waals surface area contributed by atoms with E-state index >= 15 is 0 Å². The third-order valence-electron chi connectivity index (χ3n) is 2.81. The van der Waals surface area contributed by atoms with Crippen LogP contribution < -0.4 is 0 Å². The molecule has 1 fully saturated rings. The highest BCUT2D eigenvalue weighted by Crippen LogP contribution is 2.39. The minimum atomic E-state index is 0.0126. The van der Waals surface area contributed by atoms with Crippen LogP contribution in [0.5, 0.6) is 0 Å².